The highest BCUT2D eigenvalue weighted by atomic mass is 32.2. The molecular formula is C12H21N3O2S. The van der Waals surface area contributed by atoms with Gasteiger partial charge < -0.3 is 10.6 Å². The Morgan fingerprint density at radius 1 is 1.22 bits per heavy atom. The minimum absolute atomic E-state index is 0.0671. The number of nitrogen functional groups attached to an aromatic ring is 1. The van der Waals surface area contributed by atoms with Gasteiger partial charge in [-0.15, -0.1) is 0 Å². The van der Waals surface area contributed by atoms with Crippen molar-refractivity contribution >= 4 is 21.4 Å². The van der Waals surface area contributed by atoms with Crippen molar-refractivity contribution in [3.05, 3.63) is 18.2 Å². The third-order valence-electron chi connectivity index (χ3n) is 3.25. The SMILES string of the molecule is CC(C)C(C)N(C)c1ccc(N)cc1S(N)(=O)=O. The van der Waals surface area contributed by atoms with Crippen molar-refractivity contribution in [3.8, 4) is 0 Å². The Hall–Kier alpha value is -1.27. The number of hydrogen-bond donors (Lipinski definition) is 2. The Morgan fingerprint density at radius 3 is 2.22 bits per heavy atom. The van der Waals surface area contributed by atoms with Crippen molar-refractivity contribution in [1.82, 2.24) is 0 Å². The van der Waals surface area contributed by atoms with Crippen molar-refractivity contribution in [3.63, 3.8) is 0 Å². The average molecular weight is 271 g/mol. The molecule has 5 nitrogen and oxygen atoms in total. The summed E-state index contributed by atoms with van der Waals surface area (Å²) in [7, 11) is -1.93. The Balaban J connectivity index is 3.33. The van der Waals surface area contributed by atoms with Crippen molar-refractivity contribution in [1.29, 1.82) is 0 Å². The van der Waals surface area contributed by atoms with E-state index in [0.717, 1.165) is 0 Å². The van der Waals surface area contributed by atoms with Crippen LogP contribution in [0.4, 0.5) is 11.4 Å². The Morgan fingerprint density at radius 2 is 1.78 bits per heavy atom. The topological polar surface area (TPSA) is 89.4 Å². The molecule has 0 bridgehead atoms. The lowest BCUT2D eigenvalue weighted by molar-refractivity contribution is 0.503. The molecule has 1 unspecified atom stereocenters. The zero-order valence-electron chi connectivity index (χ0n) is 11.2. The summed E-state index contributed by atoms with van der Waals surface area (Å²) in [6, 6.07) is 4.95. The molecule has 18 heavy (non-hydrogen) atoms. The van der Waals surface area contributed by atoms with Crippen molar-refractivity contribution in [2.24, 2.45) is 11.1 Å². The second kappa shape index (κ2) is 5.16. The second-order valence-electron chi connectivity index (χ2n) is 4.87. The van der Waals surface area contributed by atoms with E-state index in [2.05, 4.69) is 13.8 Å². The number of benzene rings is 1. The average Bonchev–Trinajstić information content (AvgIpc) is 2.25. The largest absolute Gasteiger partial charge is 0.399 e. The first kappa shape index (κ1) is 14.8. The molecule has 1 rings (SSSR count). The first-order valence-electron chi connectivity index (χ1n) is 5.79. The van der Waals surface area contributed by atoms with Crippen molar-refractivity contribution < 1.29 is 8.42 Å². The summed E-state index contributed by atoms with van der Waals surface area (Å²) >= 11 is 0. The molecule has 0 heterocycles. The predicted molar refractivity (Wildman–Crippen MR) is 74.9 cm³/mol. The summed E-state index contributed by atoms with van der Waals surface area (Å²) in [5.74, 6) is 0.390. The van der Waals surface area contributed by atoms with Gasteiger partial charge in [-0.05, 0) is 31.0 Å². The van der Waals surface area contributed by atoms with E-state index in [4.69, 9.17) is 10.9 Å². The van der Waals surface area contributed by atoms with Gasteiger partial charge in [0.25, 0.3) is 0 Å². The molecule has 1 aromatic rings. The van der Waals surface area contributed by atoms with Crippen LogP contribution in [-0.4, -0.2) is 21.5 Å². The Kier molecular flexibility index (Phi) is 4.24. The van der Waals surface area contributed by atoms with E-state index in [1.54, 1.807) is 12.1 Å². The first-order valence-corrected chi connectivity index (χ1v) is 7.34. The molecule has 0 aromatic heterocycles. The number of sulfonamides is 1. The molecule has 1 atom stereocenters. The smallest absolute Gasteiger partial charge is 0.240 e. The van der Waals surface area contributed by atoms with Gasteiger partial charge in [0, 0.05) is 18.8 Å². The molecule has 0 fully saturated rings. The molecule has 0 radical (unpaired) electrons. The van der Waals surface area contributed by atoms with Crippen LogP contribution in [-0.2, 0) is 10.0 Å². The molecular weight excluding hydrogens is 250 g/mol. The van der Waals surface area contributed by atoms with Crippen LogP contribution in [0.5, 0.6) is 0 Å². The monoisotopic (exact) mass is 271 g/mol. The van der Waals surface area contributed by atoms with Crippen LogP contribution in [0.25, 0.3) is 0 Å². The van der Waals surface area contributed by atoms with E-state index in [1.165, 1.54) is 6.07 Å². The summed E-state index contributed by atoms with van der Waals surface area (Å²) in [5.41, 5.74) is 6.58. The molecule has 0 aliphatic heterocycles. The van der Waals surface area contributed by atoms with Crippen LogP contribution in [0, 0.1) is 5.92 Å². The highest BCUT2D eigenvalue weighted by Gasteiger charge is 2.21. The van der Waals surface area contributed by atoms with Gasteiger partial charge in [0.05, 0.1) is 5.69 Å². The molecule has 0 spiro atoms. The third kappa shape index (κ3) is 3.14. The molecule has 102 valence electrons. The van der Waals surface area contributed by atoms with Gasteiger partial charge in [0.2, 0.25) is 10.0 Å². The van der Waals surface area contributed by atoms with E-state index in [-0.39, 0.29) is 10.9 Å². The second-order valence-corrected chi connectivity index (χ2v) is 6.40. The first-order chi connectivity index (χ1) is 8.14. The van der Waals surface area contributed by atoms with Crippen LogP contribution in [0.1, 0.15) is 20.8 Å². The van der Waals surface area contributed by atoms with Gasteiger partial charge in [-0.3, -0.25) is 0 Å². The standard InChI is InChI=1S/C12H21N3O2S/c1-8(2)9(3)15(4)11-6-5-10(13)7-12(11)18(14,16)17/h5-9H,13H2,1-4H3,(H2,14,16,17). The zero-order chi connectivity index (χ0) is 14.1. The number of primary sulfonamides is 1. The molecule has 6 heteroatoms. The lowest BCUT2D eigenvalue weighted by atomic mass is 10.0. The maximum atomic E-state index is 11.6. The molecule has 1 aromatic carbocycles. The predicted octanol–water partition coefficient (Wildman–Crippen LogP) is 1.40. The van der Waals surface area contributed by atoms with Crippen LogP contribution in [0.15, 0.2) is 23.1 Å². The van der Waals surface area contributed by atoms with Gasteiger partial charge >= 0.3 is 0 Å². The van der Waals surface area contributed by atoms with Crippen LogP contribution >= 0.6 is 0 Å². The number of hydrogen-bond acceptors (Lipinski definition) is 4. The number of nitrogens with two attached hydrogens (primary N) is 2. The molecule has 0 saturated carbocycles. The lowest BCUT2D eigenvalue weighted by Crippen LogP contribution is -2.34. The fourth-order valence-corrected chi connectivity index (χ4v) is 2.52. The Bertz CT molecular complexity index is 526. The summed E-state index contributed by atoms with van der Waals surface area (Å²) in [4.78, 5) is 1.97. The van der Waals surface area contributed by atoms with E-state index < -0.39 is 10.0 Å². The van der Waals surface area contributed by atoms with Crippen LogP contribution in [0.3, 0.4) is 0 Å². The lowest BCUT2D eigenvalue weighted by Gasteiger charge is -2.31. The van der Waals surface area contributed by atoms with E-state index in [9.17, 15) is 8.42 Å². The fraction of sp³-hybridized carbons (Fsp3) is 0.500. The normalized spacial score (nSPS) is 13.7. The summed E-state index contributed by atoms with van der Waals surface area (Å²) in [5, 5.41) is 5.23. The molecule has 0 saturated heterocycles. The van der Waals surface area contributed by atoms with Crippen LogP contribution in [0.2, 0.25) is 0 Å². The van der Waals surface area contributed by atoms with Gasteiger partial charge in [-0.1, -0.05) is 13.8 Å². The van der Waals surface area contributed by atoms with E-state index in [0.29, 0.717) is 17.3 Å². The van der Waals surface area contributed by atoms with E-state index in [1.807, 2.05) is 18.9 Å². The zero-order valence-corrected chi connectivity index (χ0v) is 12.0. The molecule has 4 N–H and O–H groups in total. The van der Waals surface area contributed by atoms with Crippen LogP contribution < -0.4 is 15.8 Å². The fourth-order valence-electron chi connectivity index (χ4n) is 1.72. The third-order valence-corrected chi connectivity index (χ3v) is 4.19. The number of rotatable bonds is 4. The maximum absolute atomic E-state index is 11.6. The summed E-state index contributed by atoms with van der Waals surface area (Å²) in [6.07, 6.45) is 0. The molecule has 0 amide bonds. The minimum Gasteiger partial charge on any atom is -0.399 e. The van der Waals surface area contributed by atoms with Gasteiger partial charge in [0.1, 0.15) is 4.90 Å². The van der Waals surface area contributed by atoms with Gasteiger partial charge in [-0.2, -0.15) is 0 Å². The summed E-state index contributed by atoms with van der Waals surface area (Å²) < 4.78 is 23.2. The highest BCUT2D eigenvalue weighted by molar-refractivity contribution is 7.89. The van der Waals surface area contributed by atoms with Gasteiger partial charge in [-0.25, -0.2) is 13.6 Å². The number of nitrogens with zero attached hydrogens (tertiary/aromatic N) is 1. The quantitative estimate of drug-likeness (QED) is 0.810. The highest BCUT2D eigenvalue weighted by Crippen LogP contribution is 2.28. The Labute approximate surface area is 109 Å². The minimum atomic E-state index is -3.78. The maximum Gasteiger partial charge on any atom is 0.240 e. The van der Waals surface area contributed by atoms with E-state index >= 15 is 0 Å². The van der Waals surface area contributed by atoms with Gasteiger partial charge in [0.15, 0.2) is 0 Å². The van der Waals surface area contributed by atoms with Crippen molar-refractivity contribution in [2.75, 3.05) is 17.7 Å². The number of anilines is 2. The molecule has 0 aliphatic carbocycles. The van der Waals surface area contributed by atoms with Crippen molar-refractivity contribution in [2.45, 2.75) is 31.7 Å². The summed E-state index contributed by atoms with van der Waals surface area (Å²) in [6.45, 7) is 6.19. The molecule has 0 aliphatic rings.